The fourth-order valence-corrected chi connectivity index (χ4v) is 5.42. The van der Waals surface area contributed by atoms with Crippen LogP contribution in [-0.4, -0.2) is 16.9 Å². The van der Waals surface area contributed by atoms with E-state index < -0.39 is 0 Å². The van der Waals surface area contributed by atoms with Crippen LogP contribution in [0.25, 0.3) is 22.0 Å². The zero-order valence-electron chi connectivity index (χ0n) is 19.8. The van der Waals surface area contributed by atoms with Gasteiger partial charge >= 0.3 is 0 Å². The highest BCUT2D eigenvalue weighted by Crippen LogP contribution is 2.38. The van der Waals surface area contributed by atoms with Crippen molar-refractivity contribution in [2.24, 2.45) is 5.92 Å². The number of pyridine rings is 1. The number of nitrogens with zero attached hydrogens (tertiary/aromatic N) is 1. The molecule has 3 heteroatoms. The Hall–Kier alpha value is -3.46. The Balaban J connectivity index is 1.19. The maximum atomic E-state index is 13.0. The van der Waals surface area contributed by atoms with E-state index in [1.165, 1.54) is 16.5 Å². The molecule has 0 bridgehead atoms. The van der Waals surface area contributed by atoms with Crippen LogP contribution in [0.1, 0.15) is 60.9 Å². The minimum absolute atomic E-state index is 0.0346. The van der Waals surface area contributed by atoms with Crippen LogP contribution in [-0.2, 0) is 0 Å². The smallest absolute Gasteiger partial charge is 0.251 e. The first kappa shape index (κ1) is 22.3. The molecular formula is C31H32N2O. The number of hydrogen-bond donors (Lipinski definition) is 1. The summed E-state index contributed by atoms with van der Waals surface area (Å²) in [5, 5.41) is 4.56. The molecule has 1 atom stereocenters. The zero-order valence-corrected chi connectivity index (χ0v) is 19.8. The van der Waals surface area contributed by atoms with Gasteiger partial charge in [0.05, 0.1) is 5.52 Å². The largest absolute Gasteiger partial charge is 0.349 e. The van der Waals surface area contributed by atoms with Crippen LogP contribution in [0.15, 0.2) is 91.1 Å². The Morgan fingerprint density at radius 1 is 0.882 bits per heavy atom. The minimum Gasteiger partial charge on any atom is -0.349 e. The van der Waals surface area contributed by atoms with Crippen molar-refractivity contribution in [3.63, 3.8) is 0 Å². The van der Waals surface area contributed by atoms with Crippen molar-refractivity contribution in [3.05, 3.63) is 102 Å². The number of aromatic nitrogens is 1. The number of hydrogen-bond acceptors (Lipinski definition) is 2. The number of carbonyl (C=O) groups is 1. The molecule has 172 valence electrons. The van der Waals surface area contributed by atoms with Gasteiger partial charge in [0.1, 0.15) is 0 Å². The molecule has 1 amide bonds. The van der Waals surface area contributed by atoms with Gasteiger partial charge in [0.25, 0.3) is 5.91 Å². The topological polar surface area (TPSA) is 42.0 Å². The second-order valence-corrected chi connectivity index (χ2v) is 9.50. The summed E-state index contributed by atoms with van der Waals surface area (Å²) in [6, 6.07) is 29.1. The summed E-state index contributed by atoms with van der Waals surface area (Å²) in [5.74, 6) is 1.13. The molecule has 1 N–H and O–H groups in total. The molecule has 0 radical (unpaired) electrons. The third kappa shape index (κ3) is 4.89. The first-order valence-corrected chi connectivity index (χ1v) is 12.5. The molecule has 1 fully saturated rings. The molecule has 1 aliphatic rings. The van der Waals surface area contributed by atoms with E-state index in [4.69, 9.17) is 0 Å². The van der Waals surface area contributed by atoms with Gasteiger partial charge < -0.3 is 5.32 Å². The molecule has 4 aromatic rings. The summed E-state index contributed by atoms with van der Waals surface area (Å²) in [4.78, 5) is 17.7. The molecule has 5 rings (SSSR count). The minimum atomic E-state index is 0.0346. The van der Waals surface area contributed by atoms with Crippen LogP contribution >= 0.6 is 0 Å². The Bertz CT molecular complexity index is 1240. The molecule has 1 saturated carbocycles. The van der Waals surface area contributed by atoms with E-state index in [9.17, 15) is 4.79 Å². The number of benzene rings is 3. The van der Waals surface area contributed by atoms with Crippen molar-refractivity contribution in [1.29, 1.82) is 0 Å². The van der Waals surface area contributed by atoms with Crippen molar-refractivity contribution in [1.82, 2.24) is 10.3 Å². The zero-order chi connectivity index (χ0) is 23.3. The first-order valence-electron chi connectivity index (χ1n) is 12.5. The van der Waals surface area contributed by atoms with Gasteiger partial charge in [0.2, 0.25) is 0 Å². The molecule has 1 heterocycles. The van der Waals surface area contributed by atoms with E-state index in [2.05, 4.69) is 59.8 Å². The van der Waals surface area contributed by atoms with Gasteiger partial charge in [-0.1, -0.05) is 67.6 Å². The highest BCUT2D eigenvalue weighted by Gasteiger charge is 2.28. The van der Waals surface area contributed by atoms with Crippen molar-refractivity contribution in [2.45, 2.75) is 51.0 Å². The summed E-state index contributed by atoms with van der Waals surface area (Å²) in [6.45, 7) is 2.18. The number of rotatable bonds is 6. The lowest BCUT2D eigenvalue weighted by Gasteiger charge is -2.34. The van der Waals surface area contributed by atoms with Crippen LogP contribution in [0.4, 0.5) is 0 Å². The van der Waals surface area contributed by atoms with Crippen molar-refractivity contribution in [2.75, 3.05) is 0 Å². The third-order valence-electron chi connectivity index (χ3n) is 7.43. The molecule has 0 saturated heterocycles. The van der Waals surface area contributed by atoms with Gasteiger partial charge in [-0.05, 0) is 84.9 Å². The number of amides is 1. The van der Waals surface area contributed by atoms with E-state index in [1.807, 2.05) is 48.5 Å². The summed E-state index contributed by atoms with van der Waals surface area (Å²) in [6.07, 6.45) is 7.62. The third-order valence-corrected chi connectivity index (χ3v) is 7.43. The number of carbonyl (C=O) groups excluding carboxylic acids is 1. The molecule has 1 aliphatic carbocycles. The van der Waals surface area contributed by atoms with E-state index in [0.29, 0.717) is 11.8 Å². The first-order chi connectivity index (χ1) is 16.7. The average molecular weight is 449 g/mol. The van der Waals surface area contributed by atoms with Gasteiger partial charge in [-0.3, -0.25) is 9.78 Å². The average Bonchev–Trinajstić information content (AvgIpc) is 2.92. The van der Waals surface area contributed by atoms with E-state index in [1.54, 1.807) is 0 Å². The Kier molecular flexibility index (Phi) is 6.71. The van der Waals surface area contributed by atoms with Gasteiger partial charge in [0, 0.05) is 23.2 Å². The van der Waals surface area contributed by atoms with Crippen molar-refractivity contribution < 1.29 is 4.79 Å². The standard InChI is InChI=1S/C31H32N2O/c1-2-29(33-31(34)26-18-14-23(15-19-26)22-8-4-3-5-9-22)25-16-12-24(13-17-25)28-20-27-10-6-7-11-30(27)32-21-28/h3-11,14-15,18-21,24-25,29H,2,12-13,16-17H2,1H3,(H,33,34)/t24-,25+,29?. The van der Waals surface area contributed by atoms with Crippen LogP contribution in [0.3, 0.4) is 0 Å². The maximum Gasteiger partial charge on any atom is 0.251 e. The van der Waals surface area contributed by atoms with Gasteiger partial charge in [-0.15, -0.1) is 0 Å². The second kappa shape index (κ2) is 10.2. The molecule has 3 nitrogen and oxygen atoms in total. The lowest BCUT2D eigenvalue weighted by molar-refractivity contribution is 0.0909. The molecule has 0 spiro atoms. The van der Waals surface area contributed by atoms with Crippen LogP contribution in [0.5, 0.6) is 0 Å². The summed E-state index contributed by atoms with van der Waals surface area (Å²) in [7, 11) is 0. The lowest BCUT2D eigenvalue weighted by Crippen LogP contribution is -2.41. The highest BCUT2D eigenvalue weighted by atomic mass is 16.1. The molecular weight excluding hydrogens is 416 g/mol. The summed E-state index contributed by atoms with van der Waals surface area (Å²) in [5.41, 5.74) is 5.44. The van der Waals surface area contributed by atoms with Gasteiger partial charge in [0.15, 0.2) is 0 Å². The fourth-order valence-electron chi connectivity index (χ4n) is 5.42. The van der Waals surface area contributed by atoms with Gasteiger partial charge in [-0.25, -0.2) is 0 Å². The maximum absolute atomic E-state index is 13.0. The van der Waals surface area contributed by atoms with E-state index in [-0.39, 0.29) is 11.9 Å². The summed E-state index contributed by atoms with van der Waals surface area (Å²) < 4.78 is 0. The second-order valence-electron chi connectivity index (χ2n) is 9.50. The molecule has 1 aromatic heterocycles. The predicted molar refractivity (Wildman–Crippen MR) is 140 cm³/mol. The number of fused-ring (bicyclic) bond motifs is 1. The Labute approximate surface area is 202 Å². The predicted octanol–water partition coefficient (Wildman–Crippen LogP) is 7.38. The molecule has 3 aromatic carbocycles. The van der Waals surface area contributed by atoms with E-state index >= 15 is 0 Å². The van der Waals surface area contributed by atoms with Crippen LogP contribution in [0.2, 0.25) is 0 Å². The number of nitrogens with one attached hydrogen (secondary N) is 1. The van der Waals surface area contributed by atoms with E-state index in [0.717, 1.165) is 48.7 Å². The normalized spacial score (nSPS) is 19.0. The van der Waals surface area contributed by atoms with Crippen molar-refractivity contribution >= 4 is 16.8 Å². The Morgan fingerprint density at radius 3 is 2.29 bits per heavy atom. The molecule has 34 heavy (non-hydrogen) atoms. The van der Waals surface area contributed by atoms with Crippen LogP contribution in [0, 0.1) is 5.92 Å². The SMILES string of the molecule is CCC(NC(=O)c1ccc(-c2ccccc2)cc1)[C@H]1CC[C@@H](c2cnc3ccccc3c2)CC1. The quantitative estimate of drug-likeness (QED) is 0.334. The Morgan fingerprint density at radius 2 is 1.56 bits per heavy atom. The summed E-state index contributed by atoms with van der Waals surface area (Å²) >= 11 is 0. The fraction of sp³-hybridized carbons (Fsp3) is 0.290. The highest BCUT2D eigenvalue weighted by molar-refractivity contribution is 5.94. The molecule has 0 aliphatic heterocycles. The van der Waals surface area contributed by atoms with Gasteiger partial charge in [-0.2, -0.15) is 0 Å². The number of para-hydroxylation sites is 1. The van der Waals surface area contributed by atoms with Crippen molar-refractivity contribution in [3.8, 4) is 11.1 Å². The van der Waals surface area contributed by atoms with Crippen LogP contribution < -0.4 is 5.32 Å². The lowest BCUT2D eigenvalue weighted by atomic mass is 9.75. The monoisotopic (exact) mass is 448 g/mol. The molecule has 1 unspecified atom stereocenters.